The molecule has 0 saturated carbocycles. The van der Waals surface area contributed by atoms with Gasteiger partial charge in [-0.25, -0.2) is 0 Å². The molecule has 4 heteroatoms. The summed E-state index contributed by atoms with van der Waals surface area (Å²) in [6, 6.07) is 21.5. The lowest BCUT2D eigenvalue weighted by Gasteiger charge is -2.29. The molecule has 0 amide bonds. The van der Waals surface area contributed by atoms with Gasteiger partial charge in [-0.1, -0.05) is 60.7 Å². The summed E-state index contributed by atoms with van der Waals surface area (Å²) in [4.78, 5) is 0. The Balaban J connectivity index is 0.00000169. The third-order valence-electron chi connectivity index (χ3n) is 4.69. The number of nitrogens with one attached hydrogen (secondary N) is 1. The molecule has 2 unspecified atom stereocenters. The number of halogens is 1. The van der Waals surface area contributed by atoms with Gasteiger partial charge in [-0.15, -0.1) is 12.4 Å². The first-order valence-corrected chi connectivity index (χ1v) is 8.16. The molecule has 2 aromatic carbocycles. The van der Waals surface area contributed by atoms with E-state index in [0.717, 1.165) is 13.1 Å². The van der Waals surface area contributed by atoms with E-state index in [-0.39, 0.29) is 12.4 Å². The van der Waals surface area contributed by atoms with Crippen LogP contribution in [-0.2, 0) is 0 Å². The van der Waals surface area contributed by atoms with Crippen LogP contribution >= 0.6 is 12.4 Å². The largest absolute Gasteiger partial charge is 0.312 e. The van der Waals surface area contributed by atoms with Gasteiger partial charge in [0.1, 0.15) is 0 Å². The molecule has 0 bridgehead atoms. The van der Waals surface area contributed by atoms with Crippen LogP contribution in [0.2, 0.25) is 0 Å². The van der Waals surface area contributed by atoms with Crippen LogP contribution < -0.4 is 5.32 Å². The van der Waals surface area contributed by atoms with E-state index in [2.05, 4.69) is 84.1 Å². The number of piperidine rings is 1. The van der Waals surface area contributed by atoms with E-state index in [1.165, 1.54) is 22.4 Å². The van der Waals surface area contributed by atoms with Crippen LogP contribution in [0.15, 0.2) is 71.3 Å². The van der Waals surface area contributed by atoms with Gasteiger partial charge in [0.2, 0.25) is 0 Å². The van der Waals surface area contributed by atoms with Crippen molar-refractivity contribution in [2.24, 2.45) is 11.0 Å². The van der Waals surface area contributed by atoms with E-state index < -0.39 is 0 Å². The Kier molecular flexibility index (Phi) is 5.03. The third kappa shape index (κ3) is 3.10. The standard InChI is InChI=1S/C20H21N3.ClH/c1-23-20(16-10-6-3-7-11-16)18-14-21-13-17(19(18)22-23)12-15-8-4-2-5-9-15;/h2-12,18,20-21H,13-14H2,1H3;1H/b17-12+;. The lowest BCUT2D eigenvalue weighted by molar-refractivity contribution is 0.246. The average Bonchev–Trinajstić information content (AvgIpc) is 2.94. The summed E-state index contributed by atoms with van der Waals surface area (Å²) in [5.41, 5.74) is 5.11. The van der Waals surface area contributed by atoms with Crippen molar-refractivity contribution in [3.8, 4) is 0 Å². The Labute approximate surface area is 149 Å². The van der Waals surface area contributed by atoms with Crippen molar-refractivity contribution in [1.82, 2.24) is 10.3 Å². The Morgan fingerprint density at radius 2 is 1.71 bits per heavy atom. The zero-order valence-corrected chi connectivity index (χ0v) is 14.5. The number of benzene rings is 2. The minimum absolute atomic E-state index is 0. The SMILES string of the molecule is CN1N=C2/C(=C/c3ccccc3)CNCC2C1c1ccccc1.Cl. The molecule has 3 nitrogen and oxygen atoms in total. The van der Waals surface area contributed by atoms with Gasteiger partial charge < -0.3 is 5.32 Å². The van der Waals surface area contributed by atoms with E-state index in [0.29, 0.717) is 12.0 Å². The van der Waals surface area contributed by atoms with E-state index >= 15 is 0 Å². The predicted octanol–water partition coefficient (Wildman–Crippen LogP) is 3.75. The van der Waals surface area contributed by atoms with Gasteiger partial charge in [0, 0.05) is 26.1 Å². The van der Waals surface area contributed by atoms with E-state index in [9.17, 15) is 0 Å². The quantitative estimate of drug-likeness (QED) is 0.902. The molecule has 2 aliphatic heterocycles. The zero-order valence-electron chi connectivity index (χ0n) is 13.7. The molecule has 0 radical (unpaired) electrons. The second-order valence-electron chi connectivity index (χ2n) is 6.23. The minimum atomic E-state index is 0. The van der Waals surface area contributed by atoms with Gasteiger partial charge in [-0.05, 0) is 22.8 Å². The molecule has 2 heterocycles. The minimum Gasteiger partial charge on any atom is -0.312 e. The summed E-state index contributed by atoms with van der Waals surface area (Å²) in [6.45, 7) is 1.87. The third-order valence-corrected chi connectivity index (χ3v) is 4.69. The van der Waals surface area contributed by atoms with Crippen LogP contribution in [0, 0.1) is 5.92 Å². The van der Waals surface area contributed by atoms with Crippen LogP contribution in [0.4, 0.5) is 0 Å². The maximum Gasteiger partial charge on any atom is 0.0813 e. The summed E-state index contributed by atoms with van der Waals surface area (Å²) in [5.74, 6) is 0.408. The lowest BCUT2D eigenvalue weighted by Crippen LogP contribution is -2.40. The van der Waals surface area contributed by atoms with Gasteiger partial charge in [-0.3, -0.25) is 5.01 Å². The summed E-state index contributed by atoms with van der Waals surface area (Å²) < 4.78 is 0. The molecule has 1 fully saturated rings. The topological polar surface area (TPSA) is 27.6 Å². The van der Waals surface area contributed by atoms with E-state index in [1.807, 2.05) is 0 Å². The maximum atomic E-state index is 4.89. The molecule has 2 atom stereocenters. The van der Waals surface area contributed by atoms with Gasteiger partial charge in [-0.2, -0.15) is 5.10 Å². The molecule has 2 aromatic rings. The maximum absolute atomic E-state index is 4.89. The van der Waals surface area contributed by atoms with Gasteiger partial charge in [0.15, 0.2) is 0 Å². The molecule has 1 saturated heterocycles. The fraction of sp³-hybridized carbons (Fsp3) is 0.250. The Morgan fingerprint density at radius 3 is 2.42 bits per heavy atom. The summed E-state index contributed by atoms with van der Waals surface area (Å²) in [6.07, 6.45) is 2.26. The highest BCUT2D eigenvalue weighted by molar-refractivity contribution is 6.07. The van der Waals surface area contributed by atoms with Crippen molar-refractivity contribution < 1.29 is 0 Å². The number of nitrogens with zero attached hydrogens (tertiary/aromatic N) is 2. The molecule has 4 rings (SSSR count). The molecule has 0 aromatic heterocycles. The Bertz CT molecular complexity index is 740. The normalized spacial score (nSPS) is 24.3. The van der Waals surface area contributed by atoms with E-state index in [1.54, 1.807) is 0 Å². The van der Waals surface area contributed by atoms with Crippen LogP contribution in [0.3, 0.4) is 0 Å². The van der Waals surface area contributed by atoms with Gasteiger partial charge >= 0.3 is 0 Å². The fourth-order valence-corrected chi connectivity index (χ4v) is 3.65. The summed E-state index contributed by atoms with van der Waals surface area (Å²) in [5, 5.41) is 10.6. The molecular formula is C20H22ClN3. The second kappa shape index (κ2) is 7.20. The number of rotatable bonds is 2. The first-order valence-electron chi connectivity index (χ1n) is 8.16. The molecule has 2 aliphatic rings. The Hall–Kier alpha value is -2.10. The number of hydrazone groups is 1. The Morgan fingerprint density at radius 1 is 1.04 bits per heavy atom. The zero-order chi connectivity index (χ0) is 15.6. The predicted molar refractivity (Wildman–Crippen MR) is 102 cm³/mol. The average molecular weight is 340 g/mol. The molecule has 24 heavy (non-hydrogen) atoms. The number of fused-ring (bicyclic) bond motifs is 1. The molecular weight excluding hydrogens is 318 g/mol. The summed E-state index contributed by atoms with van der Waals surface area (Å²) >= 11 is 0. The first kappa shape index (κ1) is 16.7. The van der Waals surface area contributed by atoms with Crippen LogP contribution in [0.25, 0.3) is 6.08 Å². The first-order chi connectivity index (χ1) is 11.3. The van der Waals surface area contributed by atoms with Crippen molar-refractivity contribution in [2.45, 2.75) is 6.04 Å². The highest BCUT2D eigenvalue weighted by atomic mass is 35.5. The monoisotopic (exact) mass is 339 g/mol. The van der Waals surface area contributed by atoms with Gasteiger partial charge in [0.25, 0.3) is 0 Å². The number of hydrogen-bond donors (Lipinski definition) is 1. The smallest absolute Gasteiger partial charge is 0.0813 e. The number of hydrogen-bond acceptors (Lipinski definition) is 3. The van der Waals surface area contributed by atoms with Crippen molar-refractivity contribution >= 4 is 24.2 Å². The van der Waals surface area contributed by atoms with Gasteiger partial charge in [0.05, 0.1) is 11.8 Å². The summed E-state index contributed by atoms with van der Waals surface area (Å²) in [7, 11) is 2.09. The highest BCUT2D eigenvalue weighted by Gasteiger charge is 2.39. The molecule has 0 aliphatic carbocycles. The van der Waals surface area contributed by atoms with Crippen molar-refractivity contribution in [3.05, 3.63) is 77.4 Å². The van der Waals surface area contributed by atoms with Crippen LogP contribution in [0.1, 0.15) is 17.2 Å². The second-order valence-corrected chi connectivity index (χ2v) is 6.23. The van der Waals surface area contributed by atoms with E-state index in [4.69, 9.17) is 5.10 Å². The fourth-order valence-electron chi connectivity index (χ4n) is 3.65. The van der Waals surface area contributed by atoms with Crippen LogP contribution in [0.5, 0.6) is 0 Å². The molecule has 1 N–H and O–H groups in total. The molecule has 124 valence electrons. The van der Waals surface area contributed by atoms with Crippen molar-refractivity contribution in [1.29, 1.82) is 0 Å². The molecule has 0 spiro atoms. The van der Waals surface area contributed by atoms with Crippen molar-refractivity contribution in [3.63, 3.8) is 0 Å². The van der Waals surface area contributed by atoms with Crippen molar-refractivity contribution in [2.75, 3.05) is 20.1 Å². The lowest BCUT2D eigenvalue weighted by atomic mass is 9.84. The highest BCUT2D eigenvalue weighted by Crippen LogP contribution is 2.37. The van der Waals surface area contributed by atoms with Crippen LogP contribution in [-0.4, -0.2) is 30.9 Å².